The second-order valence-corrected chi connectivity index (χ2v) is 6.92. The molecule has 0 spiro atoms. The van der Waals surface area contributed by atoms with Crippen molar-refractivity contribution < 1.29 is 4.79 Å². The topological polar surface area (TPSA) is 58.1 Å². The third-order valence-electron chi connectivity index (χ3n) is 3.80. The molecule has 3 aromatic rings. The lowest BCUT2D eigenvalue weighted by Crippen LogP contribution is -2.31. The van der Waals surface area contributed by atoms with Gasteiger partial charge in [-0.2, -0.15) is 0 Å². The van der Waals surface area contributed by atoms with Crippen LogP contribution in [0.3, 0.4) is 0 Å². The van der Waals surface area contributed by atoms with E-state index >= 15 is 0 Å². The number of urea groups is 1. The summed E-state index contributed by atoms with van der Waals surface area (Å²) in [4.78, 5) is 23.6. The van der Waals surface area contributed by atoms with E-state index in [2.05, 4.69) is 15.3 Å². The molecule has 1 heterocycles. The molecule has 132 valence electrons. The first-order chi connectivity index (χ1) is 12.6. The summed E-state index contributed by atoms with van der Waals surface area (Å²) in [6, 6.07) is 17.5. The van der Waals surface area contributed by atoms with Crippen molar-refractivity contribution in [3.8, 4) is 0 Å². The Morgan fingerprint density at radius 1 is 1.08 bits per heavy atom. The van der Waals surface area contributed by atoms with Gasteiger partial charge in [-0.15, -0.1) is 0 Å². The maximum Gasteiger partial charge on any atom is 0.321 e. The highest BCUT2D eigenvalue weighted by Gasteiger charge is 2.11. The van der Waals surface area contributed by atoms with Crippen LogP contribution in [0, 0.1) is 6.92 Å². The average Bonchev–Trinajstić information content (AvgIpc) is 2.65. The van der Waals surface area contributed by atoms with Crippen molar-refractivity contribution in [3.63, 3.8) is 0 Å². The Balaban J connectivity index is 1.63. The largest absolute Gasteiger partial charge is 0.323 e. The quantitative estimate of drug-likeness (QED) is 0.672. The van der Waals surface area contributed by atoms with E-state index in [1.165, 1.54) is 11.8 Å². The Kier molecular flexibility index (Phi) is 5.86. The van der Waals surface area contributed by atoms with Crippen molar-refractivity contribution in [2.75, 3.05) is 12.4 Å². The van der Waals surface area contributed by atoms with E-state index in [1.54, 1.807) is 30.4 Å². The van der Waals surface area contributed by atoms with Crippen LogP contribution in [0.25, 0.3) is 0 Å². The smallest absolute Gasteiger partial charge is 0.321 e. The van der Waals surface area contributed by atoms with Crippen LogP contribution in [0.15, 0.2) is 77.0 Å². The molecule has 0 aliphatic heterocycles. The van der Waals surface area contributed by atoms with Gasteiger partial charge in [-0.3, -0.25) is 0 Å². The summed E-state index contributed by atoms with van der Waals surface area (Å²) >= 11 is 1.49. The lowest BCUT2D eigenvalue weighted by molar-refractivity contribution is 0.220. The third-order valence-corrected chi connectivity index (χ3v) is 4.68. The van der Waals surface area contributed by atoms with Gasteiger partial charge in [-0.05, 0) is 54.1 Å². The first-order valence-electron chi connectivity index (χ1n) is 8.23. The number of rotatable bonds is 5. The van der Waals surface area contributed by atoms with Gasteiger partial charge in [0.2, 0.25) is 0 Å². The summed E-state index contributed by atoms with van der Waals surface area (Å²) in [5.74, 6) is 0. The minimum absolute atomic E-state index is 0.135. The van der Waals surface area contributed by atoms with Crippen LogP contribution >= 0.6 is 11.8 Å². The molecule has 0 aliphatic carbocycles. The summed E-state index contributed by atoms with van der Waals surface area (Å²) in [7, 11) is 1.79. The fourth-order valence-electron chi connectivity index (χ4n) is 2.42. The third kappa shape index (κ3) is 4.83. The Morgan fingerprint density at radius 3 is 2.50 bits per heavy atom. The van der Waals surface area contributed by atoms with Crippen molar-refractivity contribution in [1.82, 2.24) is 14.9 Å². The van der Waals surface area contributed by atoms with Gasteiger partial charge in [0.1, 0.15) is 0 Å². The van der Waals surface area contributed by atoms with Crippen LogP contribution in [-0.4, -0.2) is 27.9 Å². The Morgan fingerprint density at radius 2 is 1.81 bits per heavy atom. The molecule has 26 heavy (non-hydrogen) atoms. The number of nitrogens with one attached hydrogen (secondary N) is 1. The molecule has 0 bridgehead atoms. The first-order valence-corrected chi connectivity index (χ1v) is 9.05. The number of aromatic nitrogens is 2. The van der Waals surface area contributed by atoms with Gasteiger partial charge in [0.25, 0.3) is 0 Å². The summed E-state index contributed by atoms with van der Waals surface area (Å²) in [6.07, 6.45) is 3.44. The highest BCUT2D eigenvalue weighted by Crippen LogP contribution is 2.28. The molecular formula is C20H20N4OS. The summed E-state index contributed by atoms with van der Waals surface area (Å²) in [6.45, 7) is 2.54. The van der Waals surface area contributed by atoms with E-state index in [9.17, 15) is 4.79 Å². The van der Waals surface area contributed by atoms with Crippen LogP contribution in [0.1, 0.15) is 11.1 Å². The van der Waals surface area contributed by atoms with Crippen molar-refractivity contribution in [2.24, 2.45) is 0 Å². The van der Waals surface area contributed by atoms with Gasteiger partial charge in [-0.1, -0.05) is 30.3 Å². The zero-order valence-corrected chi connectivity index (χ0v) is 15.5. The van der Waals surface area contributed by atoms with Gasteiger partial charge >= 0.3 is 6.03 Å². The van der Waals surface area contributed by atoms with Gasteiger partial charge in [-0.25, -0.2) is 14.8 Å². The van der Waals surface area contributed by atoms with E-state index in [1.807, 2.05) is 55.5 Å². The highest BCUT2D eigenvalue weighted by atomic mass is 32.2. The van der Waals surface area contributed by atoms with Gasteiger partial charge in [0.15, 0.2) is 5.16 Å². The Bertz CT molecular complexity index is 871. The molecule has 1 N–H and O–H groups in total. The van der Waals surface area contributed by atoms with Crippen molar-refractivity contribution >= 4 is 23.5 Å². The predicted octanol–water partition coefficient (Wildman–Crippen LogP) is 4.60. The van der Waals surface area contributed by atoms with Crippen LogP contribution < -0.4 is 5.32 Å². The maximum absolute atomic E-state index is 12.4. The molecule has 0 aliphatic rings. The van der Waals surface area contributed by atoms with Crippen molar-refractivity contribution in [2.45, 2.75) is 23.5 Å². The first kappa shape index (κ1) is 17.9. The molecule has 3 rings (SSSR count). The molecule has 0 atom stereocenters. The number of carbonyl (C=O) groups excluding carboxylic acids is 1. The van der Waals surface area contributed by atoms with E-state index < -0.39 is 0 Å². The molecule has 2 aromatic carbocycles. The van der Waals surface area contributed by atoms with Crippen molar-refractivity contribution in [3.05, 3.63) is 78.1 Å². The summed E-state index contributed by atoms with van der Waals surface area (Å²) < 4.78 is 0. The molecule has 2 amide bonds. The number of amides is 2. The summed E-state index contributed by atoms with van der Waals surface area (Å²) in [5, 5.41) is 3.67. The van der Waals surface area contributed by atoms with Crippen LogP contribution in [0.2, 0.25) is 0 Å². The number of hydrogen-bond donors (Lipinski definition) is 1. The average molecular weight is 364 g/mol. The molecular weight excluding hydrogens is 344 g/mol. The monoisotopic (exact) mass is 364 g/mol. The van der Waals surface area contributed by atoms with E-state index in [4.69, 9.17) is 0 Å². The van der Waals surface area contributed by atoms with E-state index in [0.29, 0.717) is 11.7 Å². The minimum Gasteiger partial charge on any atom is -0.323 e. The zero-order valence-electron chi connectivity index (χ0n) is 14.7. The molecule has 6 heteroatoms. The SMILES string of the molecule is Cc1cc(Sc2ncccn2)ccc1NC(=O)N(C)Cc1ccccc1. The second kappa shape index (κ2) is 8.49. The second-order valence-electron chi connectivity index (χ2n) is 5.88. The predicted molar refractivity (Wildman–Crippen MR) is 104 cm³/mol. The Labute approximate surface area is 157 Å². The number of nitrogens with zero attached hydrogens (tertiary/aromatic N) is 3. The number of anilines is 1. The molecule has 0 saturated carbocycles. The molecule has 0 radical (unpaired) electrons. The maximum atomic E-state index is 12.4. The van der Waals surface area contributed by atoms with E-state index in [-0.39, 0.29) is 6.03 Å². The lowest BCUT2D eigenvalue weighted by atomic mass is 10.2. The van der Waals surface area contributed by atoms with Crippen molar-refractivity contribution in [1.29, 1.82) is 0 Å². The Hall–Kier alpha value is -2.86. The lowest BCUT2D eigenvalue weighted by Gasteiger charge is -2.19. The van der Waals surface area contributed by atoms with Crippen LogP contribution in [0.4, 0.5) is 10.5 Å². The van der Waals surface area contributed by atoms with Crippen LogP contribution in [0.5, 0.6) is 0 Å². The number of aryl methyl sites for hydroxylation is 1. The number of carbonyl (C=O) groups is 1. The molecule has 0 saturated heterocycles. The standard InChI is InChI=1S/C20H20N4OS/c1-15-13-17(26-19-21-11-6-12-22-19)9-10-18(15)23-20(25)24(2)14-16-7-4-3-5-8-16/h3-13H,14H2,1-2H3,(H,23,25). The van der Waals surface area contributed by atoms with Gasteiger partial charge < -0.3 is 10.2 Å². The molecule has 0 fully saturated rings. The fraction of sp³-hybridized carbons (Fsp3) is 0.150. The van der Waals surface area contributed by atoms with Crippen LogP contribution in [-0.2, 0) is 6.54 Å². The van der Waals surface area contributed by atoms with Gasteiger partial charge in [0, 0.05) is 36.6 Å². The minimum atomic E-state index is -0.135. The normalized spacial score (nSPS) is 10.4. The van der Waals surface area contributed by atoms with E-state index in [0.717, 1.165) is 21.7 Å². The fourth-order valence-corrected chi connectivity index (χ4v) is 3.23. The zero-order chi connectivity index (χ0) is 18.4. The molecule has 0 unspecified atom stereocenters. The summed E-state index contributed by atoms with van der Waals surface area (Å²) in [5.41, 5.74) is 2.89. The molecule has 5 nitrogen and oxygen atoms in total. The molecule has 1 aromatic heterocycles. The number of hydrogen-bond acceptors (Lipinski definition) is 4. The van der Waals surface area contributed by atoms with Gasteiger partial charge in [0.05, 0.1) is 0 Å². The number of benzene rings is 2. The highest BCUT2D eigenvalue weighted by molar-refractivity contribution is 7.99.